The molecule has 0 saturated carbocycles. The van der Waals surface area contributed by atoms with Crippen LogP contribution in [0.5, 0.6) is 0 Å². The molecule has 0 unspecified atom stereocenters. The largest absolute Gasteiger partial charge is 0.360 e. The van der Waals surface area contributed by atoms with Gasteiger partial charge in [0, 0.05) is 11.3 Å². The summed E-state index contributed by atoms with van der Waals surface area (Å²) in [6.45, 7) is 0. The van der Waals surface area contributed by atoms with E-state index in [-0.39, 0.29) is 11.3 Å². The van der Waals surface area contributed by atoms with E-state index in [9.17, 15) is 17.6 Å². The van der Waals surface area contributed by atoms with E-state index in [0.29, 0.717) is 5.69 Å². The average Bonchev–Trinajstić information content (AvgIpc) is 2.49. The molecule has 0 spiro atoms. The average molecular weight is 321 g/mol. The quantitative estimate of drug-likeness (QED) is 0.512. The molecule has 2 aromatic carbocycles. The Bertz CT molecular complexity index is 819. The maximum Gasteiger partial charge on any atom is 0.360 e. The van der Waals surface area contributed by atoms with Crippen molar-refractivity contribution < 1.29 is 17.6 Å². The minimum absolute atomic E-state index is 0.0298. The lowest BCUT2D eigenvalue weighted by Gasteiger charge is -1.97. The number of hydrogen-bond acceptors (Lipinski definition) is 4. The molecular formula is C13H10FN4O3S+. The number of carbonyl (C=O) groups excluding carboxylic acids is 1. The Hall–Kier alpha value is -2.90. The van der Waals surface area contributed by atoms with Gasteiger partial charge in [0.2, 0.25) is 20.9 Å². The summed E-state index contributed by atoms with van der Waals surface area (Å²) in [6, 6.07) is 11.3. The van der Waals surface area contributed by atoms with Crippen LogP contribution in [0.25, 0.3) is 0 Å². The van der Waals surface area contributed by atoms with Crippen LogP contribution in [-0.2, 0) is 10.9 Å². The van der Waals surface area contributed by atoms with Gasteiger partial charge in [-0.15, -0.1) is 0 Å². The van der Waals surface area contributed by atoms with Crippen LogP contribution in [-0.4, -0.2) is 14.3 Å². The van der Waals surface area contributed by atoms with E-state index in [0.717, 1.165) is 0 Å². The zero-order chi connectivity index (χ0) is 15.9. The number of anilines is 1. The lowest BCUT2D eigenvalue weighted by atomic mass is 10.2. The van der Waals surface area contributed by atoms with Crippen molar-refractivity contribution in [1.29, 1.82) is 0 Å². The zero-order valence-electron chi connectivity index (χ0n) is 11.0. The topological polar surface area (TPSA) is 102 Å². The lowest BCUT2D eigenvalue weighted by molar-refractivity contribution is 0.0992. The van der Waals surface area contributed by atoms with Crippen molar-refractivity contribution in [1.82, 2.24) is 4.91 Å². The molecule has 2 rings (SSSR count). The highest BCUT2D eigenvalue weighted by atomic mass is 32.2. The van der Waals surface area contributed by atoms with Gasteiger partial charge in [0.1, 0.15) is 0 Å². The van der Waals surface area contributed by atoms with Crippen LogP contribution in [0.3, 0.4) is 0 Å². The summed E-state index contributed by atoms with van der Waals surface area (Å²) < 4.78 is 36.4. The fourth-order valence-corrected chi connectivity index (χ4v) is 1.85. The van der Waals surface area contributed by atoms with Crippen LogP contribution in [0.4, 0.5) is 15.8 Å². The molecule has 0 saturated heterocycles. The van der Waals surface area contributed by atoms with Gasteiger partial charge >= 0.3 is 5.91 Å². The first kappa shape index (κ1) is 15.5. The molecule has 112 valence electrons. The summed E-state index contributed by atoms with van der Waals surface area (Å²) >= 11 is 0. The second-order valence-electron chi connectivity index (χ2n) is 3.99. The molecule has 0 aliphatic rings. The van der Waals surface area contributed by atoms with Crippen molar-refractivity contribution in [2.24, 2.45) is 10.2 Å². The predicted octanol–water partition coefficient (Wildman–Crippen LogP) is 2.21. The molecule has 0 aliphatic heterocycles. The van der Waals surface area contributed by atoms with Gasteiger partial charge in [0.25, 0.3) is 0 Å². The monoisotopic (exact) mass is 321 g/mol. The molecule has 22 heavy (non-hydrogen) atoms. The SMILES string of the molecule is O=C(N=[N+]=Nc1ccccc1F)c1ccc(N[SH](=O)=O)cc1. The Morgan fingerprint density at radius 3 is 2.41 bits per heavy atom. The Balaban J connectivity index is 2.12. The van der Waals surface area contributed by atoms with E-state index in [2.05, 4.69) is 19.9 Å². The Labute approximate surface area is 126 Å². The van der Waals surface area contributed by atoms with E-state index >= 15 is 0 Å². The van der Waals surface area contributed by atoms with Gasteiger partial charge in [-0.05, 0) is 36.4 Å². The van der Waals surface area contributed by atoms with E-state index in [1.807, 2.05) is 0 Å². The number of amides is 1. The number of nitrogens with one attached hydrogen (secondary N) is 1. The van der Waals surface area contributed by atoms with Crippen LogP contribution < -0.4 is 9.63 Å². The molecule has 0 bridgehead atoms. The van der Waals surface area contributed by atoms with Crippen LogP contribution >= 0.6 is 0 Å². The van der Waals surface area contributed by atoms with Crippen molar-refractivity contribution in [3.8, 4) is 0 Å². The molecule has 7 nitrogen and oxygen atoms in total. The minimum Gasteiger partial charge on any atom is -0.286 e. The molecular weight excluding hydrogens is 311 g/mol. The van der Waals surface area contributed by atoms with E-state index < -0.39 is 22.6 Å². The molecule has 0 fully saturated rings. The Morgan fingerprint density at radius 2 is 1.77 bits per heavy atom. The van der Waals surface area contributed by atoms with Crippen molar-refractivity contribution in [2.75, 3.05) is 4.72 Å². The third-order valence-electron chi connectivity index (χ3n) is 2.49. The number of thiol groups is 1. The maximum atomic E-state index is 13.2. The molecule has 0 radical (unpaired) electrons. The number of rotatable bonds is 4. The highest BCUT2D eigenvalue weighted by Crippen LogP contribution is 2.15. The lowest BCUT2D eigenvalue weighted by Crippen LogP contribution is -1.97. The summed E-state index contributed by atoms with van der Waals surface area (Å²) in [5.74, 6) is -1.26. The third-order valence-corrected chi connectivity index (χ3v) is 2.93. The van der Waals surface area contributed by atoms with Crippen LogP contribution in [0, 0.1) is 5.82 Å². The fraction of sp³-hybridized carbons (Fsp3) is 0. The number of hydrogen-bond donors (Lipinski definition) is 2. The van der Waals surface area contributed by atoms with Gasteiger partial charge in [-0.25, -0.2) is 12.8 Å². The molecule has 2 aromatic rings. The van der Waals surface area contributed by atoms with Gasteiger partial charge in [-0.2, -0.15) is 0 Å². The van der Waals surface area contributed by atoms with E-state index in [1.54, 1.807) is 6.07 Å². The van der Waals surface area contributed by atoms with Gasteiger partial charge in [-0.1, -0.05) is 12.1 Å². The number of nitrogens with zero attached hydrogens (tertiary/aromatic N) is 3. The third kappa shape index (κ3) is 4.30. The standard InChI is InChI=1S/C13H9FN4O3S/c14-11-3-1-2-4-12(11)15-18-16-13(19)9-5-7-10(8-6-9)17-22(20)21/h1-8,22H/p+1. The number of benzene rings is 2. The zero-order valence-corrected chi connectivity index (χ0v) is 11.9. The molecule has 1 N–H and O–H groups in total. The summed E-state index contributed by atoms with van der Waals surface area (Å²) in [5, 5.41) is 6.83. The molecule has 0 aromatic heterocycles. The summed E-state index contributed by atoms with van der Waals surface area (Å²) in [6.07, 6.45) is 0. The highest BCUT2D eigenvalue weighted by Gasteiger charge is 2.10. The van der Waals surface area contributed by atoms with Gasteiger partial charge in [-0.3, -0.25) is 9.52 Å². The van der Waals surface area contributed by atoms with Crippen molar-refractivity contribution in [3.05, 3.63) is 59.9 Å². The van der Waals surface area contributed by atoms with Gasteiger partial charge < -0.3 is 0 Å². The molecule has 0 heterocycles. The van der Waals surface area contributed by atoms with Gasteiger partial charge in [0.15, 0.2) is 16.6 Å². The van der Waals surface area contributed by atoms with Gasteiger partial charge in [0.05, 0.1) is 0 Å². The normalized spacial score (nSPS) is 9.91. The first-order valence-electron chi connectivity index (χ1n) is 5.98. The number of carbonyl (C=O) groups is 1. The van der Waals surface area contributed by atoms with E-state index in [1.165, 1.54) is 42.5 Å². The first-order chi connectivity index (χ1) is 10.6. The van der Waals surface area contributed by atoms with Crippen LogP contribution in [0.2, 0.25) is 0 Å². The van der Waals surface area contributed by atoms with Crippen molar-refractivity contribution in [3.63, 3.8) is 0 Å². The maximum absolute atomic E-state index is 13.2. The van der Waals surface area contributed by atoms with Crippen molar-refractivity contribution in [2.45, 2.75) is 0 Å². The summed E-state index contributed by atoms with van der Waals surface area (Å²) in [7, 11) is -2.77. The Kier molecular flexibility index (Phi) is 5.07. The van der Waals surface area contributed by atoms with E-state index in [4.69, 9.17) is 0 Å². The Morgan fingerprint density at radius 1 is 1.09 bits per heavy atom. The molecule has 9 heteroatoms. The van der Waals surface area contributed by atoms with Crippen LogP contribution in [0.1, 0.15) is 10.4 Å². The fourth-order valence-electron chi connectivity index (χ4n) is 1.49. The van der Waals surface area contributed by atoms with Crippen LogP contribution in [0.15, 0.2) is 58.8 Å². The molecule has 1 amide bonds. The summed E-state index contributed by atoms with van der Waals surface area (Å²) in [4.78, 5) is 15.0. The van der Waals surface area contributed by atoms with Crippen molar-refractivity contribution >= 4 is 28.2 Å². The number of halogens is 1. The second-order valence-corrected chi connectivity index (χ2v) is 4.73. The minimum atomic E-state index is -2.77. The molecule has 0 atom stereocenters. The predicted molar refractivity (Wildman–Crippen MR) is 77.8 cm³/mol. The summed E-state index contributed by atoms with van der Waals surface area (Å²) in [5.41, 5.74) is 0.484. The first-order valence-corrected chi connectivity index (χ1v) is 7.16. The second kappa shape index (κ2) is 7.21. The highest BCUT2D eigenvalue weighted by molar-refractivity contribution is 7.73. The molecule has 0 aliphatic carbocycles. The smallest absolute Gasteiger partial charge is 0.286 e.